The quantitative estimate of drug-likeness (QED) is 0.0989. The van der Waals surface area contributed by atoms with Crippen molar-refractivity contribution in [3.63, 3.8) is 0 Å². The van der Waals surface area contributed by atoms with E-state index in [9.17, 15) is 18.8 Å². The van der Waals surface area contributed by atoms with E-state index in [0.717, 1.165) is 22.4 Å². The lowest BCUT2D eigenvalue weighted by Gasteiger charge is -2.34. The molecule has 1 fully saturated rings. The Morgan fingerprint density at radius 2 is 1.75 bits per heavy atom. The molecule has 0 bridgehead atoms. The van der Waals surface area contributed by atoms with Crippen LogP contribution in [0.4, 0.5) is 39.3 Å². The van der Waals surface area contributed by atoms with Gasteiger partial charge in [-0.05, 0) is 47.0 Å². The number of halogens is 1. The molecule has 17 heteroatoms. The van der Waals surface area contributed by atoms with Crippen LogP contribution < -0.4 is 21.5 Å². The van der Waals surface area contributed by atoms with Gasteiger partial charge in [-0.15, -0.1) is 0 Å². The highest BCUT2D eigenvalue weighted by atomic mass is 19.1. The Morgan fingerprint density at radius 1 is 0.964 bits per heavy atom. The first kappa shape index (κ1) is 37.3. The Bertz CT molecular complexity index is 2370. The smallest absolute Gasteiger partial charge is 0.328 e. The number of carbonyl (C=O) groups is 2. The molecule has 0 unspecified atom stereocenters. The lowest BCUT2D eigenvalue weighted by molar-refractivity contribution is -0.141. The van der Waals surface area contributed by atoms with Crippen molar-refractivity contribution in [1.29, 1.82) is 0 Å². The van der Waals surface area contributed by atoms with Crippen LogP contribution in [0, 0.1) is 12.4 Å². The van der Waals surface area contributed by atoms with Gasteiger partial charge in [0.15, 0.2) is 5.69 Å². The predicted molar refractivity (Wildman–Crippen MR) is 207 cm³/mol. The Hall–Kier alpha value is -7.06. The van der Waals surface area contributed by atoms with Crippen LogP contribution in [0.25, 0.3) is 4.85 Å². The van der Waals surface area contributed by atoms with E-state index in [2.05, 4.69) is 55.8 Å². The number of carbonyl (C=O) groups excluding carboxylic acids is 2. The number of nitrogens with one attached hydrogen (secondary N) is 4. The maximum Gasteiger partial charge on any atom is 0.328 e. The van der Waals surface area contributed by atoms with Gasteiger partial charge in [-0.1, -0.05) is 42.5 Å². The minimum Gasteiger partial charge on any atom is -0.467 e. The normalized spacial score (nSPS) is 14.2. The van der Waals surface area contributed by atoms with Crippen molar-refractivity contribution in [2.24, 2.45) is 4.99 Å². The number of methoxy groups -OCH3 is 1. The fraction of sp³-hybridized carbons (Fsp3) is 0.256. The second-order valence-corrected chi connectivity index (χ2v) is 13.2. The number of esters is 1. The zero-order valence-electron chi connectivity index (χ0n) is 30.3. The molecule has 2 aliphatic heterocycles. The minimum atomic E-state index is -0.866. The zero-order chi connectivity index (χ0) is 39.0. The molecule has 5 aromatic rings. The van der Waals surface area contributed by atoms with Crippen LogP contribution in [0.1, 0.15) is 27.0 Å². The summed E-state index contributed by atoms with van der Waals surface area (Å²) < 4.78 is 18.9. The van der Waals surface area contributed by atoms with E-state index in [1.807, 2.05) is 24.3 Å². The van der Waals surface area contributed by atoms with Gasteiger partial charge in [0.1, 0.15) is 17.4 Å². The van der Waals surface area contributed by atoms with Crippen molar-refractivity contribution in [2.75, 3.05) is 55.8 Å². The number of piperazine rings is 1. The molecule has 0 aliphatic carbocycles. The molecule has 1 amide bonds. The molecule has 2 aliphatic rings. The highest BCUT2D eigenvalue weighted by Crippen LogP contribution is 2.28. The van der Waals surface area contributed by atoms with Crippen molar-refractivity contribution in [3.8, 4) is 0 Å². The van der Waals surface area contributed by atoms with Gasteiger partial charge < -0.3 is 25.6 Å². The van der Waals surface area contributed by atoms with E-state index in [1.165, 1.54) is 31.5 Å². The standard InChI is InChI=1S/C39H37FN12O4/c1-41-28-10-6-24(7-11-28)19-33(36(55)56-2)46-39-48-37(42-22-30-20-26-8-9-27(40)21-32(26)44-30)47-38(49-39)45-29-5-3-4-25(18-29)23-51-14-16-52(17-15-51)35(54)31-12-13-43-50-34(31)53/h3-13,18,21,33H,14-17,19-20,22-23H2,2H3,(H,50,53)(H3,42,45,46,47,48,49)/t33-/m0/s1. The number of ether oxygens (including phenoxy) is 1. The van der Waals surface area contributed by atoms with Gasteiger partial charge in [0.05, 0.1) is 25.9 Å². The van der Waals surface area contributed by atoms with Crippen LogP contribution in [-0.4, -0.2) is 98.4 Å². The Balaban J connectivity index is 1.06. The summed E-state index contributed by atoms with van der Waals surface area (Å²) in [5.74, 6) is -0.690. The molecule has 4 heterocycles. The highest BCUT2D eigenvalue weighted by molar-refractivity contribution is 5.96. The van der Waals surface area contributed by atoms with E-state index in [4.69, 9.17) is 11.3 Å². The number of hydrogen-bond donors (Lipinski definition) is 4. The lowest BCUT2D eigenvalue weighted by Crippen LogP contribution is -2.49. The third-order valence-electron chi connectivity index (χ3n) is 9.31. The molecule has 1 saturated heterocycles. The lowest BCUT2D eigenvalue weighted by atomic mass is 10.1. The highest BCUT2D eigenvalue weighted by Gasteiger charge is 2.25. The number of anilines is 4. The second kappa shape index (κ2) is 17.0. The van der Waals surface area contributed by atoms with E-state index >= 15 is 0 Å². The molecule has 284 valence electrons. The van der Waals surface area contributed by atoms with Gasteiger partial charge in [-0.2, -0.15) is 20.1 Å². The Morgan fingerprint density at radius 3 is 2.52 bits per heavy atom. The monoisotopic (exact) mass is 756 g/mol. The topological polar surface area (TPSA) is 187 Å². The van der Waals surface area contributed by atoms with Gasteiger partial charge in [0, 0.05) is 63.2 Å². The maximum atomic E-state index is 13.8. The molecule has 16 nitrogen and oxygen atoms in total. The summed E-state index contributed by atoms with van der Waals surface area (Å²) in [7, 11) is 1.30. The first-order valence-corrected chi connectivity index (χ1v) is 17.8. The number of H-pyrrole nitrogens is 1. The second-order valence-electron chi connectivity index (χ2n) is 13.2. The van der Waals surface area contributed by atoms with Crippen LogP contribution in [0.2, 0.25) is 0 Å². The first-order chi connectivity index (χ1) is 27.2. The third kappa shape index (κ3) is 9.17. The van der Waals surface area contributed by atoms with Crippen molar-refractivity contribution in [2.45, 2.75) is 25.4 Å². The van der Waals surface area contributed by atoms with E-state index in [1.54, 1.807) is 35.2 Å². The first-order valence-electron chi connectivity index (χ1n) is 17.8. The fourth-order valence-electron chi connectivity index (χ4n) is 6.44. The van der Waals surface area contributed by atoms with Crippen molar-refractivity contribution in [1.82, 2.24) is 34.9 Å². The summed E-state index contributed by atoms with van der Waals surface area (Å²) >= 11 is 0. The molecule has 0 spiro atoms. The van der Waals surface area contributed by atoms with Gasteiger partial charge in [0.2, 0.25) is 17.8 Å². The van der Waals surface area contributed by atoms with Crippen molar-refractivity contribution in [3.05, 3.63) is 129 Å². The van der Waals surface area contributed by atoms with Gasteiger partial charge in [-0.25, -0.2) is 19.1 Å². The SMILES string of the molecule is [C-]#[N+]c1ccc(C[C@H](Nc2nc(NCC3=Nc4cc(F)ccc4C3)nc(Nc3cccc(CN4CCN(C(=O)c5ccn[nH]c5=O)CC4)c3)n2)C(=O)OC)cc1. The molecule has 0 radical (unpaired) electrons. The average Bonchev–Trinajstić information content (AvgIpc) is 3.62. The summed E-state index contributed by atoms with van der Waals surface area (Å²) in [6.45, 7) is 10.3. The van der Waals surface area contributed by atoms with Gasteiger partial charge >= 0.3 is 5.97 Å². The summed E-state index contributed by atoms with van der Waals surface area (Å²) in [6.07, 6.45) is 2.18. The summed E-state index contributed by atoms with van der Waals surface area (Å²) in [5, 5.41) is 15.6. The Labute approximate surface area is 320 Å². The number of aromatic nitrogens is 5. The fourth-order valence-corrected chi connectivity index (χ4v) is 6.44. The number of benzene rings is 3. The molecular weight excluding hydrogens is 720 g/mol. The number of amides is 1. The molecule has 3 aromatic carbocycles. The van der Waals surface area contributed by atoms with E-state index in [0.29, 0.717) is 56.2 Å². The minimum absolute atomic E-state index is 0.0739. The predicted octanol–water partition coefficient (Wildman–Crippen LogP) is 4.28. The molecule has 0 saturated carbocycles. The van der Waals surface area contributed by atoms with Crippen molar-refractivity contribution < 1.29 is 18.7 Å². The number of fused-ring (bicyclic) bond motifs is 1. The third-order valence-corrected chi connectivity index (χ3v) is 9.31. The van der Waals surface area contributed by atoms with Crippen molar-refractivity contribution >= 4 is 52.5 Å². The average molecular weight is 757 g/mol. The van der Waals surface area contributed by atoms with Crippen LogP contribution in [-0.2, 0) is 28.9 Å². The van der Waals surface area contributed by atoms with Crippen LogP contribution >= 0.6 is 0 Å². The summed E-state index contributed by atoms with van der Waals surface area (Å²) in [5.41, 5.74) is 4.85. The number of hydrogen-bond acceptors (Lipinski definition) is 13. The summed E-state index contributed by atoms with van der Waals surface area (Å²) in [4.78, 5) is 63.6. The largest absolute Gasteiger partial charge is 0.467 e. The molecule has 1 atom stereocenters. The number of rotatable bonds is 13. The number of nitrogens with zero attached hydrogens (tertiary/aromatic N) is 8. The Kier molecular flexibility index (Phi) is 11.3. The summed E-state index contributed by atoms with van der Waals surface area (Å²) in [6, 6.07) is 19.8. The van der Waals surface area contributed by atoms with Crippen LogP contribution in [0.3, 0.4) is 0 Å². The molecular formula is C39H37FN12O4. The zero-order valence-corrected chi connectivity index (χ0v) is 30.3. The number of aliphatic imine (C=N–C) groups is 1. The van der Waals surface area contributed by atoms with E-state index in [-0.39, 0.29) is 48.1 Å². The van der Waals surface area contributed by atoms with E-state index < -0.39 is 17.6 Å². The van der Waals surface area contributed by atoms with Gasteiger partial charge in [-0.3, -0.25) is 19.5 Å². The molecule has 56 heavy (non-hydrogen) atoms. The molecule has 2 aromatic heterocycles. The van der Waals surface area contributed by atoms with Gasteiger partial charge in [0.25, 0.3) is 11.5 Å². The molecule has 4 N–H and O–H groups in total. The van der Waals surface area contributed by atoms with Crippen LogP contribution in [0.15, 0.2) is 88.8 Å². The molecule has 7 rings (SSSR count). The number of aromatic amines is 1. The van der Waals surface area contributed by atoms with Crippen LogP contribution in [0.5, 0.6) is 0 Å². The maximum absolute atomic E-state index is 13.8.